The van der Waals surface area contributed by atoms with E-state index in [9.17, 15) is 28.0 Å². The van der Waals surface area contributed by atoms with Gasteiger partial charge in [0.2, 0.25) is 5.88 Å². The van der Waals surface area contributed by atoms with Gasteiger partial charge >= 0.3 is 12.2 Å². The molecule has 0 unspecified atom stereocenters. The first-order valence-corrected chi connectivity index (χ1v) is 31.0. The maximum absolute atomic E-state index is 14.1. The van der Waals surface area contributed by atoms with Crippen LogP contribution in [0.25, 0.3) is 33.8 Å². The summed E-state index contributed by atoms with van der Waals surface area (Å²) >= 11 is 3.53. The zero-order chi connectivity index (χ0) is 63.6. The van der Waals surface area contributed by atoms with Crippen molar-refractivity contribution in [2.75, 3.05) is 49.9 Å². The molecule has 0 radical (unpaired) electrons. The molecule has 2 saturated heterocycles. The number of rotatable bonds is 16. The van der Waals surface area contributed by atoms with E-state index >= 15 is 0 Å². The first-order valence-electron chi connectivity index (χ1n) is 30.2. The van der Waals surface area contributed by atoms with Gasteiger partial charge in [0.05, 0.1) is 35.2 Å². The number of ketones is 2. The predicted octanol–water partition coefficient (Wildman–Crippen LogP) is 14.8. The summed E-state index contributed by atoms with van der Waals surface area (Å²) in [6, 6.07) is 23.7. The zero-order valence-corrected chi connectivity index (χ0v) is 53.6. The molecule has 2 aliphatic heterocycles. The molecule has 4 aromatic heterocycles. The summed E-state index contributed by atoms with van der Waals surface area (Å²) < 4.78 is 47.5. The molecule has 8 aromatic rings. The number of imidazole rings is 2. The first-order chi connectivity index (χ1) is 42.2. The summed E-state index contributed by atoms with van der Waals surface area (Å²) in [7, 11) is 0. The number of halogens is 3. The summed E-state index contributed by atoms with van der Waals surface area (Å²) in [6.07, 6.45) is 8.85. The molecule has 4 aliphatic rings. The number of nitrogens with zero attached hydrogens (tertiary/aromatic N) is 8. The number of likely N-dealkylation sites (tertiary alicyclic amines) is 2. The lowest BCUT2D eigenvalue weighted by atomic mass is 9.98. The minimum Gasteiger partial charge on any atom is -0.508 e. The minimum atomic E-state index is -0.539. The number of aromatic nitrogens is 6. The Morgan fingerprint density at radius 3 is 1.46 bits per heavy atom. The highest BCUT2D eigenvalue weighted by atomic mass is 79.9. The number of aromatic hydroxyl groups is 1. The molecule has 0 atom stereocenters. The van der Waals surface area contributed by atoms with Crippen LogP contribution in [0.3, 0.4) is 0 Å². The lowest BCUT2D eigenvalue weighted by Gasteiger charge is -2.39. The molecule has 2 saturated carbocycles. The molecule has 2 amide bonds. The van der Waals surface area contributed by atoms with Crippen molar-refractivity contribution < 1.29 is 47.3 Å². The van der Waals surface area contributed by atoms with Crippen LogP contribution in [-0.2, 0) is 9.47 Å². The number of aryl methyl sites for hydroxylation is 4. The molecule has 468 valence electrons. The Morgan fingerprint density at radius 1 is 0.573 bits per heavy atom. The molecule has 12 rings (SSSR count). The van der Waals surface area contributed by atoms with Gasteiger partial charge in [-0.1, -0.05) is 36.4 Å². The molecular formula is C68H77BrF2N10O8. The fourth-order valence-corrected chi connectivity index (χ4v) is 10.9. The van der Waals surface area contributed by atoms with E-state index in [1.54, 1.807) is 39.6 Å². The highest BCUT2D eigenvalue weighted by Gasteiger charge is 2.36. The Kier molecular flexibility index (Phi) is 18.8. The van der Waals surface area contributed by atoms with Crippen LogP contribution in [0.5, 0.6) is 17.4 Å². The molecule has 6 heterocycles. The van der Waals surface area contributed by atoms with E-state index in [2.05, 4.69) is 41.6 Å². The zero-order valence-electron chi connectivity index (χ0n) is 52.0. The third-order valence-electron chi connectivity index (χ3n) is 15.8. The lowest BCUT2D eigenvalue weighted by molar-refractivity contribution is 0.00000625. The molecular weight excluding hydrogens is 1200 g/mol. The number of carbonyl (C=O) groups excluding carboxylic acids is 4. The summed E-state index contributed by atoms with van der Waals surface area (Å²) in [5.74, 6) is 1.91. The monoisotopic (exact) mass is 1280 g/mol. The van der Waals surface area contributed by atoms with Gasteiger partial charge in [0.1, 0.15) is 38.9 Å². The third-order valence-corrected chi connectivity index (χ3v) is 16.2. The number of benzene rings is 4. The molecule has 2 aliphatic carbocycles. The van der Waals surface area contributed by atoms with Gasteiger partial charge in [0.25, 0.3) is 0 Å². The number of Topliss-reactive ketones (excluding diaryl/α,β-unsaturated/α-hetero) is 2. The normalized spacial score (nSPS) is 15.1. The predicted molar refractivity (Wildman–Crippen MR) is 341 cm³/mol. The Balaban J connectivity index is 0.000000174. The van der Waals surface area contributed by atoms with Gasteiger partial charge in [0.15, 0.2) is 22.9 Å². The molecule has 4 fully saturated rings. The quantitative estimate of drug-likeness (QED) is 0.0770. The van der Waals surface area contributed by atoms with Gasteiger partial charge in [0, 0.05) is 104 Å². The van der Waals surface area contributed by atoms with Gasteiger partial charge < -0.3 is 39.8 Å². The van der Waals surface area contributed by atoms with Crippen molar-refractivity contribution >= 4 is 62.4 Å². The average molecular weight is 1280 g/mol. The summed E-state index contributed by atoms with van der Waals surface area (Å²) in [6.45, 7) is 22.5. The maximum atomic E-state index is 14.1. The number of hydrogen-bond acceptors (Lipinski definition) is 14. The highest BCUT2D eigenvalue weighted by molar-refractivity contribution is 9.10. The van der Waals surface area contributed by atoms with E-state index < -0.39 is 22.8 Å². The van der Waals surface area contributed by atoms with Crippen molar-refractivity contribution in [3.8, 4) is 39.9 Å². The number of ether oxygens (including phenoxy) is 3. The number of amides is 2. The van der Waals surface area contributed by atoms with Crippen molar-refractivity contribution in [3.05, 3.63) is 147 Å². The van der Waals surface area contributed by atoms with E-state index in [1.807, 2.05) is 115 Å². The van der Waals surface area contributed by atoms with Crippen LogP contribution in [0.1, 0.15) is 123 Å². The van der Waals surface area contributed by atoms with Gasteiger partial charge in [-0.3, -0.25) is 9.59 Å². The number of hydrogen-bond donors (Lipinski definition) is 3. The number of anilines is 2. The molecule has 0 bridgehead atoms. The van der Waals surface area contributed by atoms with E-state index in [-0.39, 0.29) is 41.3 Å². The van der Waals surface area contributed by atoms with Crippen LogP contribution in [0.2, 0.25) is 0 Å². The van der Waals surface area contributed by atoms with E-state index in [0.717, 1.165) is 80.6 Å². The number of nitrogens with one attached hydrogen (secondary N) is 2. The Labute approximate surface area is 525 Å². The van der Waals surface area contributed by atoms with Crippen LogP contribution in [0.15, 0.2) is 102 Å². The fraction of sp³-hybridized carbons (Fsp3) is 0.412. The van der Waals surface area contributed by atoms with Crippen LogP contribution < -0.4 is 15.4 Å². The van der Waals surface area contributed by atoms with E-state index in [0.29, 0.717) is 97.1 Å². The molecule has 18 nitrogen and oxygen atoms in total. The number of phenols is 1. The second-order valence-corrected chi connectivity index (χ2v) is 26.8. The van der Waals surface area contributed by atoms with Gasteiger partial charge in [-0.2, -0.15) is 5.10 Å². The van der Waals surface area contributed by atoms with Crippen LogP contribution in [-0.4, -0.2) is 118 Å². The lowest BCUT2D eigenvalue weighted by Crippen LogP contribution is -2.53. The standard InChI is InChI=1S/C34H38FN5O4.C27H32BrN5O3.C7H7FO/c1-20-6-10-25(35)14-30(20)43-31-15-27(36-16-23-18-39(19-23)33(42)44-34(3,4)5)32-37-17-28(40(32)38-31)24-9-11-26(21(2)12-24)29(41)13-22-7-8-22;1-16-9-19(7-8-20(16)23(34)10-17-5-6-17)22-13-30-25-21(11-24(28)31-33(22)25)29-12-18-14-32(15-18)26(35)36-27(2,3)4;1-5-2-3-6(8)4-7(5)9/h6,9-12,14-15,17,22-23,36H,7-8,13,16,18-19H2,1-5H3;7-9,11,13,17-18,29H,5-6,10,12,14-15H2,1-4H3;2-4,9H,1H3. The topological polar surface area (TPSA) is 207 Å². The van der Waals surface area contributed by atoms with Crippen molar-refractivity contribution in [1.29, 1.82) is 0 Å². The minimum absolute atomic E-state index is 0.00926. The smallest absolute Gasteiger partial charge is 0.410 e. The third kappa shape index (κ3) is 16.3. The SMILES string of the molecule is Cc1cc(-c2cnc3c(NCC4CN(C(=O)OC(C)(C)C)C4)cc(Br)nn23)ccc1C(=O)CC1CC1.Cc1ccc(F)cc1O.Cc1ccc(F)cc1Oc1cc(NCC2CN(C(=O)OC(C)(C)C)C2)c2ncc(-c3ccc(C(=O)CC4CC4)c(C)c3)n2n1. The molecule has 0 spiro atoms. The van der Waals surface area contributed by atoms with Crippen molar-refractivity contribution in [3.63, 3.8) is 0 Å². The molecule has 4 aromatic carbocycles. The largest absolute Gasteiger partial charge is 0.508 e. The van der Waals surface area contributed by atoms with E-state index in [1.165, 1.54) is 37.1 Å². The van der Waals surface area contributed by atoms with Crippen LogP contribution >= 0.6 is 15.9 Å². The Bertz CT molecular complexity index is 3970. The van der Waals surface area contributed by atoms with Gasteiger partial charge in [-0.05, 0) is 175 Å². The average Bonchev–Trinajstić information content (AvgIpc) is 1.97. The van der Waals surface area contributed by atoms with Gasteiger partial charge in [-0.15, -0.1) is 5.10 Å². The number of fused-ring (bicyclic) bond motifs is 2. The van der Waals surface area contributed by atoms with Crippen molar-refractivity contribution in [2.45, 2.75) is 119 Å². The first kappa shape index (κ1) is 63.6. The van der Waals surface area contributed by atoms with Gasteiger partial charge in [-0.25, -0.2) is 37.4 Å². The highest BCUT2D eigenvalue weighted by Crippen LogP contribution is 2.37. The summed E-state index contributed by atoms with van der Waals surface area (Å²) in [5.41, 5.74) is 10.2. The molecule has 21 heteroatoms. The molecule has 3 N–H and O–H groups in total. The van der Waals surface area contributed by atoms with Crippen molar-refractivity contribution in [1.82, 2.24) is 39.0 Å². The fourth-order valence-electron chi connectivity index (χ4n) is 10.5. The maximum Gasteiger partial charge on any atom is 0.410 e. The summed E-state index contributed by atoms with van der Waals surface area (Å²) in [5, 5.41) is 25.2. The second-order valence-electron chi connectivity index (χ2n) is 25.9. The van der Waals surface area contributed by atoms with Crippen LogP contribution in [0, 0.1) is 63.0 Å². The summed E-state index contributed by atoms with van der Waals surface area (Å²) in [4.78, 5) is 62.7. The Morgan fingerprint density at radius 2 is 1.02 bits per heavy atom. The van der Waals surface area contributed by atoms with E-state index in [4.69, 9.17) is 24.4 Å². The van der Waals surface area contributed by atoms with Crippen molar-refractivity contribution in [2.24, 2.45) is 23.7 Å². The number of phenolic OH excluding ortho intramolecular Hbond substituents is 1. The molecule has 89 heavy (non-hydrogen) atoms. The van der Waals surface area contributed by atoms with Crippen LogP contribution in [0.4, 0.5) is 29.7 Å². The second kappa shape index (κ2) is 26.3. The number of carbonyl (C=O) groups is 4. The Hall–Kier alpha value is -8.46.